The number of nitrogens with zero attached hydrogens (tertiary/aromatic N) is 1. The van der Waals surface area contributed by atoms with Crippen LogP contribution in [-0.2, 0) is 6.54 Å². The van der Waals surface area contributed by atoms with Crippen molar-refractivity contribution >= 4 is 17.2 Å². The van der Waals surface area contributed by atoms with E-state index < -0.39 is 5.54 Å². The Morgan fingerprint density at radius 3 is 3.11 bits per heavy atom. The molecule has 0 spiro atoms. The lowest BCUT2D eigenvalue weighted by atomic mass is 9.77. The van der Waals surface area contributed by atoms with Crippen molar-refractivity contribution in [2.24, 2.45) is 11.7 Å². The molecule has 4 N–H and O–H groups in total. The zero-order valence-electron chi connectivity index (χ0n) is 11.2. The average molecular weight is 283 g/mol. The minimum absolute atomic E-state index is 0.0169. The predicted molar refractivity (Wildman–Crippen MR) is 74.9 cm³/mol. The van der Waals surface area contributed by atoms with Gasteiger partial charge in [0.2, 0.25) is 0 Å². The van der Waals surface area contributed by atoms with Crippen molar-refractivity contribution in [2.75, 3.05) is 6.61 Å². The number of carbonyl (C=O) groups excluding carboxylic acids is 1. The molecule has 1 fully saturated rings. The molecule has 1 aliphatic rings. The Kier molecular flexibility index (Phi) is 4.54. The molecular formula is C13H21N3O2S. The second kappa shape index (κ2) is 5.98. The van der Waals surface area contributed by atoms with Gasteiger partial charge in [-0.15, -0.1) is 11.3 Å². The van der Waals surface area contributed by atoms with E-state index >= 15 is 0 Å². The van der Waals surface area contributed by atoms with Gasteiger partial charge in [-0.2, -0.15) is 0 Å². The number of nitrogens with one attached hydrogen (secondary N) is 1. The molecule has 1 heterocycles. The van der Waals surface area contributed by atoms with Gasteiger partial charge in [-0.3, -0.25) is 4.79 Å². The highest BCUT2D eigenvalue weighted by Gasteiger charge is 2.36. The molecule has 1 aromatic rings. The number of rotatable bonds is 4. The molecule has 1 aromatic heterocycles. The highest BCUT2D eigenvalue weighted by atomic mass is 32.1. The van der Waals surface area contributed by atoms with Gasteiger partial charge in [0.05, 0.1) is 12.1 Å². The minimum atomic E-state index is -0.485. The fraction of sp³-hybridized carbons (Fsp3) is 0.692. The lowest BCUT2D eigenvalue weighted by molar-refractivity contribution is 0.0693. The van der Waals surface area contributed by atoms with E-state index in [-0.39, 0.29) is 12.5 Å². The normalized spacial score (nSPS) is 27.2. The largest absolute Gasteiger partial charge is 0.394 e. The Morgan fingerprint density at radius 2 is 2.53 bits per heavy atom. The van der Waals surface area contributed by atoms with Crippen LogP contribution in [0.1, 0.15) is 48.1 Å². The predicted octanol–water partition coefficient (Wildman–Crippen LogP) is 1.27. The molecule has 0 bridgehead atoms. The first-order valence-corrected chi connectivity index (χ1v) is 7.54. The summed E-state index contributed by atoms with van der Waals surface area (Å²) in [5.74, 6) is 0.315. The third kappa shape index (κ3) is 3.32. The lowest BCUT2D eigenvalue weighted by Crippen LogP contribution is -2.53. The maximum Gasteiger partial charge on any atom is 0.271 e. The highest BCUT2D eigenvalue weighted by Crippen LogP contribution is 2.32. The van der Waals surface area contributed by atoms with E-state index in [9.17, 15) is 9.90 Å². The monoisotopic (exact) mass is 283 g/mol. The van der Waals surface area contributed by atoms with Crippen LogP contribution in [0.4, 0.5) is 0 Å². The number of carbonyl (C=O) groups is 1. The molecule has 106 valence electrons. The first kappa shape index (κ1) is 14.4. The summed E-state index contributed by atoms with van der Waals surface area (Å²) in [6, 6.07) is 0. The number of nitrogens with two attached hydrogens (primary N) is 1. The highest BCUT2D eigenvalue weighted by molar-refractivity contribution is 7.09. The molecule has 19 heavy (non-hydrogen) atoms. The molecule has 2 rings (SSSR count). The van der Waals surface area contributed by atoms with Crippen molar-refractivity contribution < 1.29 is 9.90 Å². The standard InChI is InChI=1S/C13H21N3O2S/c1-9-3-2-4-13(5-9,8-17)16-12(18)10-7-19-11(6-14)15-10/h7,9,17H,2-6,8,14H2,1H3,(H,16,18). The molecule has 1 saturated carbocycles. The Hall–Kier alpha value is -0.980. The Labute approximate surface area is 117 Å². The molecule has 0 saturated heterocycles. The summed E-state index contributed by atoms with van der Waals surface area (Å²) in [5.41, 5.74) is 5.41. The fourth-order valence-corrected chi connectivity index (χ4v) is 3.43. The van der Waals surface area contributed by atoms with Gasteiger partial charge in [0, 0.05) is 11.9 Å². The summed E-state index contributed by atoms with van der Waals surface area (Å²) in [5, 5.41) is 15.1. The Balaban J connectivity index is 2.07. The smallest absolute Gasteiger partial charge is 0.271 e. The minimum Gasteiger partial charge on any atom is -0.394 e. The van der Waals surface area contributed by atoms with Crippen LogP contribution in [0.15, 0.2) is 5.38 Å². The average Bonchev–Trinajstić information content (AvgIpc) is 2.87. The van der Waals surface area contributed by atoms with Gasteiger partial charge in [-0.1, -0.05) is 19.8 Å². The molecule has 0 radical (unpaired) electrons. The van der Waals surface area contributed by atoms with Crippen molar-refractivity contribution in [1.82, 2.24) is 10.3 Å². The number of hydrogen-bond donors (Lipinski definition) is 3. The zero-order valence-corrected chi connectivity index (χ0v) is 12.0. The molecule has 2 unspecified atom stereocenters. The van der Waals surface area contributed by atoms with Crippen LogP contribution in [0.3, 0.4) is 0 Å². The van der Waals surface area contributed by atoms with Crippen LogP contribution in [0.5, 0.6) is 0 Å². The summed E-state index contributed by atoms with van der Waals surface area (Å²) >= 11 is 1.39. The molecule has 1 amide bonds. The third-order valence-electron chi connectivity index (χ3n) is 3.73. The number of hydrogen-bond acceptors (Lipinski definition) is 5. The van der Waals surface area contributed by atoms with Gasteiger partial charge < -0.3 is 16.2 Å². The van der Waals surface area contributed by atoms with E-state index in [1.54, 1.807) is 5.38 Å². The quantitative estimate of drug-likeness (QED) is 0.776. The van der Waals surface area contributed by atoms with E-state index in [4.69, 9.17) is 5.73 Å². The molecule has 0 aromatic carbocycles. The Morgan fingerprint density at radius 1 is 1.74 bits per heavy atom. The maximum atomic E-state index is 12.2. The lowest BCUT2D eigenvalue weighted by Gasteiger charge is -2.39. The van der Waals surface area contributed by atoms with Gasteiger partial charge >= 0.3 is 0 Å². The molecule has 0 aliphatic heterocycles. The molecule has 2 atom stereocenters. The number of thiazole rings is 1. The third-order valence-corrected chi connectivity index (χ3v) is 4.60. The van der Waals surface area contributed by atoms with Crippen molar-refractivity contribution in [3.8, 4) is 0 Å². The van der Waals surface area contributed by atoms with E-state index in [0.717, 1.165) is 30.7 Å². The van der Waals surface area contributed by atoms with Crippen molar-refractivity contribution in [3.63, 3.8) is 0 Å². The SMILES string of the molecule is CC1CCCC(CO)(NC(=O)c2csc(CN)n2)C1. The summed E-state index contributed by atoms with van der Waals surface area (Å²) in [7, 11) is 0. The summed E-state index contributed by atoms with van der Waals surface area (Å²) in [6.07, 6.45) is 3.84. The summed E-state index contributed by atoms with van der Waals surface area (Å²) in [6.45, 7) is 2.49. The molecule has 5 nitrogen and oxygen atoms in total. The van der Waals surface area contributed by atoms with Crippen LogP contribution in [-0.4, -0.2) is 28.1 Å². The first-order chi connectivity index (χ1) is 9.08. The second-order valence-electron chi connectivity index (χ2n) is 5.42. The van der Waals surface area contributed by atoms with Gasteiger partial charge in [0.25, 0.3) is 5.91 Å². The summed E-state index contributed by atoms with van der Waals surface area (Å²) in [4.78, 5) is 16.4. The van der Waals surface area contributed by atoms with Crippen LogP contribution in [0.2, 0.25) is 0 Å². The van der Waals surface area contributed by atoms with Crippen molar-refractivity contribution in [3.05, 3.63) is 16.1 Å². The van der Waals surface area contributed by atoms with Gasteiger partial charge in [-0.05, 0) is 18.8 Å². The first-order valence-electron chi connectivity index (χ1n) is 6.66. The number of aromatic nitrogens is 1. The van der Waals surface area contributed by atoms with Gasteiger partial charge in [0.1, 0.15) is 10.7 Å². The fourth-order valence-electron chi connectivity index (χ4n) is 2.77. The summed E-state index contributed by atoms with van der Waals surface area (Å²) < 4.78 is 0. The molecule has 6 heteroatoms. The number of aliphatic hydroxyl groups is 1. The van der Waals surface area contributed by atoms with E-state index in [1.165, 1.54) is 11.3 Å². The van der Waals surface area contributed by atoms with Crippen molar-refractivity contribution in [1.29, 1.82) is 0 Å². The Bertz CT molecular complexity index is 449. The molecule has 1 aliphatic carbocycles. The zero-order chi connectivity index (χ0) is 13.9. The molecular weight excluding hydrogens is 262 g/mol. The van der Waals surface area contributed by atoms with E-state index in [2.05, 4.69) is 17.2 Å². The topological polar surface area (TPSA) is 88.2 Å². The van der Waals surface area contributed by atoms with Crippen LogP contribution in [0.25, 0.3) is 0 Å². The van der Waals surface area contributed by atoms with E-state index in [0.29, 0.717) is 18.2 Å². The van der Waals surface area contributed by atoms with Crippen LogP contribution in [0, 0.1) is 5.92 Å². The van der Waals surface area contributed by atoms with Gasteiger partial charge in [0.15, 0.2) is 0 Å². The maximum absolute atomic E-state index is 12.2. The van der Waals surface area contributed by atoms with E-state index in [1.807, 2.05) is 0 Å². The number of aliphatic hydroxyl groups excluding tert-OH is 1. The van der Waals surface area contributed by atoms with Crippen LogP contribution >= 0.6 is 11.3 Å². The van der Waals surface area contributed by atoms with Crippen molar-refractivity contribution in [2.45, 2.75) is 44.7 Å². The number of amides is 1. The van der Waals surface area contributed by atoms with Crippen LogP contribution < -0.4 is 11.1 Å². The van der Waals surface area contributed by atoms with Gasteiger partial charge in [-0.25, -0.2) is 4.98 Å². The second-order valence-corrected chi connectivity index (χ2v) is 6.37.